The minimum absolute atomic E-state index is 0.0119. The average molecular weight is 339 g/mol. The highest BCUT2D eigenvalue weighted by Gasteiger charge is 2.41. The van der Waals surface area contributed by atoms with Crippen molar-refractivity contribution in [2.24, 2.45) is 0 Å². The Balaban J connectivity index is 1.99. The topological polar surface area (TPSA) is 69.2 Å². The largest absolute Gasteiger partial charge is 0.416 e. The summed E-state index contributed by atoms with van der Waals surface area (Å²) in [6.07, 6.45) is -5.34. The van der Waals surface area contributed by atoms with Crippen LogP contribution >= 0.6 is 0 Å². The first kappa shape index (κ1) is 16.5. The zero-order valence-corrected chi connectivity index (χ0v) is 12.8. The molecule has 24 heavy (non-hydrogen) atoms. The van der Waals surface area contributed by atoms with E-state index in [0.717, 1.165) is 6.07 Å². The van der Waals surface area contributed by atoms with Crippen LogP contribution in [-0.4, -0.2) is 38.8 Å². The molecule has 1 fully saturated rings. The highest BCUT2D eigenvalue weighted by atomic mass is 19.4. The van der Waals surface area contributed by atoms with E-state index in [4.69, 9.17) is 0 Å². The van der Waals surface area contributed by atoms with Gasteiger partial charge in [-0.2, -0.15) is 18.3 Å². The molecule has 1 aromatic carbocycles. The van der Waals surface area contributed by atoms with Gasteiger partial charge in [0.1, 0.15) is 5.69 Å². The van der Waals surface area contributed by atoms with Crippen LogP contribution in [0.15, 0.2) is 30.3 Å². The summed E-state index contributed by atoms with van der Waals surface area (Å²) in [7, 11) is 0. The van der Waals surface area contributed by atoms with Gasteiger partial charge in [-0.1, -0.05) is 18.2 Å². The first-order valence-electron chi connectivity index (χ1n) is 7.44. The number of aliphatic hydroxyl groups is 1. The molecule has 0 unspecified atom stereocenters. The van der Waals surface area contributed by atoms with Gasteiger partial charge in [0.05, 0.1) is 17.7 Å². The maximum absolute atomic E-state index is 13.3. The number of alkyl halides is 3. The average Bonchev–Trinajstić information content (AvgIpc) is 3.12. The van der Waals surface area contributed by atoms with E-state index in [1.54, 1.807) is 6.92 Å². The van der Waals surface area contributed by atoms with Gasteiger partial charge >= 0.3 is 6.18 Å². The highest BCUT2D eigenvalue weighted by Crippen LogP contribution is 2.40. The quantitative estimate of drug-likeness (QED) is 0.884. The fraction of sp³-hybridized carbons (Fsp3) is 0.375. The molecule has 3 rings (SSSR count). The van der Waals surface area contributed by atoms with Crippen molar-refractivity contribution in [2.75, 3.05) is 6.54 Å². The Morgan fingerprint density at radius 1 is 1.38 bits per heavy atom. The molecule has 0 spiro atoms. The number of amides is 1. The SMILES string of the molecule is Cc1cc(C(=O)N2C[C@@H](O)C[C@H]2c2ccccc2C(F)(F)F)n[nH]1. The lowest BCUT2D eigenvalue weighted by Crippen LogP contribution is -2.33. The molecule has 8 heteroatoms. The number of nitrogens with one attached hydrogen (secondary N) is 1. The van der Waals surface area contributed by atoms with E-state index in [9.17, 15) is 23.1 Å². The van der Waals surface area contributed by atoms with Crippen molar-refractivity contribution in [3.05, 3.63) is 52.8 Å². The van der Waals surface area contributed by atoms with Gasteiger partial charge in [-0.25, -0.2) is 0 Å². The van der Waals surface area contributed by atoms with Crippen LogP contribution in [0.5, 0.6) is 0 Å². The Labute approximate surface area is 136 Å². The maximum Gasteiger partial charge on any atom is 0.416 e. The molecule has 1 aromatic heterocycles. The van der Waals surface area contributed by atoms with Crippen molar-refractivity contribution < 1.29 is 23.1 Å². The number of hydrogen-bond acceptors (Lipinski definition) is 3. The van der Waals surface area contributed by atoms with E-state index < -0.39 is 29.8 Å². The summed E-state index contributed by atoms with van der Waals surface area (Å²) >= 11 is 0. The van der Waals surface area contributed by atoms with E-state index in [0.29, 0.717) is 5.69 Å². The third-order valence-electron chi connectivity index (χ3n) is 4.09. The second kappa shape index (κ2) is 5.94. The van der Waals surface area contributed by atoms with E-state index in [1.807, 2.05) is 0 Å². The molecule has 1 aliphatic rings. The van der Waals surface area contributed by atoms with Crippen molar-refractivity contribution >= 4 is 5.91 Å². The third kappa shape index (κ3) is 3.01. The van der Waals surface area contributed by atoms with Gasteiger partial charge in [-0.05, 0) is 31.0 Å². The molecule has 0 radical (unpaired) electrons. The number of aliphatic hydroxyl groups excluding tert-OH is 1. The Hall–Kier alpha value is -2.35. The lowest BCUT2D eigenvalue weighted by atomic mass is 9.97. The van der Waals surface area contributed by atoms with Crippen molar-refractivity contribution in [2.45, 2.75) is 31.7 Å². The molecule has 2 N–H and O–H groups in total. The summed E-state index contributed by atoms with van der Waals surface area (Å²) in [5.74, 6) is -0.502. The molecule has 0 saturated carbocycles. The molecule has 2 atom stereocenters. The Kier molecular flexibility index (Phi) is 4.08. The lowest BCUT2D eigenvalue weighted by Gasteiger charge is -2.26. The molecule has 5 nitrogen and oxygen atoms in total. The number of rotatable bonds is 2. The summed E-state index contributed by atoms with van der Waals surface area (Å²) in [5.41, 5.74) is -0.0105. The third-order valence-corrected chi connectivity index (χ3v) is 4.09. The van der Waals surface area contributed by atoms with Crippen molar-refractivity contribution in [3.63, 3.8) is 0 Å². The van der Waals surface area contributed by atoms with Crippen molar-refractivity contribution in [3.8, 4) is 0 Å². The molecule has 1 aliphatic heterocycles. The number of aromatic amines is 1. The molecule has 2 aromatic rings. The lowest BCUT2D eigenvalue weighted by molar-refractivity contribution is -0.138. The van der Waals surface area contributed by atoms with Crippen LogP contribution in [0.2, 0.25) is 0 Å². The van der Waals surface area contributed by atoms with E-state index >= 15 is 0 Å². The summed E-state index contributed by atoms with van der Waals surface area (Å²) in [6.45, 7) is 1.70. The highest BCUT2D eigenvalue weighted by molar-refractivity contribution is 5.93. The smallest absolute Gasteiger partial charge is 0.391 e. The molecule has 1 amide bonds. The second-order valence-corrected chi connectivity index (χ2v) is 5.88. The van der Waals surface area contributed by atoms with Crippen LogP contribution in [0.1, 0.15) is 39.8 Å². The van der Waals surface area contributed by atoms with Gasteiger partial charge in [0.15, 0.2) is 0 Å². The minimum atomic E-state index is -4.53. The van der Waals surface area contributed by atoms with Crippen LogP contribution in [0, 0.1) is 6.92 Å². The molecule has 0 aliphatic carbocycles. The normalized spacial score (nSPS) is 21.3. The van der Waals surface area contributed by atoms with E-state index in [2.05, 4.69) is 10.2 Å². The van der Waals surface area contributed by atoms with Crippen LogP contribution < -0.4 is 0 Å². The van der Waals surface area contributed by atoms with Crippen LogP contribution in [0.25, 0.3) is 0 Å². The number of hydrogen-bond donors (Lipinski definition) is 2. The number of H-pyrrole nitrogens is 1. The Bertz CT molecular complexity index is 757. The molecule has 0 bridgehead atoms. The number of aromatic nitrogens is 2. The number of benzene rings is 1. The summed E-state index contributed by atoms with van der Waals surface area (Å²) in [6, 6.07) is 5.82. The minimum Gasteiger partial charge on any atom is -0.391 e. The van der Waals surface area contributed by atoms with Gasteiger partial charge in [0.25, 0.3) is 5.91 Å². The number of carbonyl (C=O) groups is 1. The number of nitrogens with zero attached hydrogens (tertiary/aromatic N) is 2. The Morgan fingerprint density at radius 2 is 2.08 bits per heavy atom. The Morgan fingerprint density at radius 3 is 2.71 bits per heavy atom. The zero-order chi connectivity index (χ0) is 17.5. The molecule has 2 heterocycles. The van der Waals surface area contributed by atoms with Crippen LogP contribution in [-0.2, 0) is 6.18 Å². The number of likely N-dealkylation sites (tertiary alicyclic amines) is 1. The standard InChI is InChI=1S/C16H16F3N3O2/c1-9-6-13(21-20-9)15(24)22-8-10(23)7-14(22)11-4-2-3-5-12(11)16(17,18)19/h2-6,10,14,23H,7-8H2,1H3,(H,20,21)/t10-,14-/m0/s1. The van der Waals surface area contributed by atoms with E-state index in [1.165, 1.54) is 29.2 Å². The second-order valence-electron chi connectivity index (χ2n) is 5.88. The first-order valence-corrected chi connectivity index (χ1v) is 7.44. The molecular formula is C16H16F3N3O2. The van der Waals surface area contributed by atoms with Gasteiger partial charge in [-0.3, -0.25) is 9.89 Å². The number of carbonyl (C=O) groups excluding carboxylic acids is 1. The van der Waals surface area contributed by atoms with E-state index in [-0.39, 0.29) is 24.2 Å². The first-order chi connectivity index (χ1) is 11.3. The number of β-amino-alcohol motifs (C(OH)–C–C–N with tert-alkyl or cyclic N) is 1. The van der Waals surface area contributed by atoms with Gasteiger partial charge in [0.2, 0.25) is 0 Å². The van der Waals surface area contributed by atoms with Gasteiger partial charge in [-0.15, -0.1) is 0 Å². The monoisotopic (exact) mass is 339 g/mol. The summed E-state index contributed by atoms with van der Waals surface area (Å²) < 4.78 is 39.8. The fourth-order valence-corrected chi connectivity index (χ4v) is 3.05. The van der Waals surface area contributed by atoms with Crippen molar-refractivity contribution in [1.29, 1.82) is 0 Å². The number of aryl methyl sites for hydroxylation is 1. The van der Waals surface area contributed by atoms with Gasteiger partial charge in [0, 0.05) is 12.2 Å². The maximum atomic E-state index is 13.3. The molecule has 1 saturated heterocycles. The van der Waals surface area contributed by atoms with Crippen LogP contribution in [0.3, 0.4) is 0 Å². The zero-order valence-electron chi connectivity index (χ0n) is 12.8. The summed E-state index contributed by atoms with van der Waals surface area (Å²) in [4.78, 5) is 13.9. The predicted octanol–water partition coefficient (Wildman–Crippen LogP) is 2.69. The van der Waals surface area contributed by atoms with Crippen LogP contribution in [0.4, 0.5) is 13.2 Å². The fourth-order valence-electron chi connectivity index (χ4n) is 3.05. The predicted molar refractivity (Wildman–Crippen MR) is 79.2 cm³/mol. The van der Waals surface area contributed by atoms with Crippen molar-refractivity contribution in [1.82, 2.24) is 15.1 Å². The molecule has 128 valence electrons. The molecular weight excluding hydrogens is 323 g/mol. The number of halogens is 3. The van der Waals surface area contributed by atoms with Gasteiger partial charge < -0.3 is 10.0 Å². The summed E-state index contributed by atoms with van der Waals surface area (Å²) in [5, 5.41) is 16.4.